The van der Waals surface area contributed by atoms with Crippen LogP contribution >= 0.6 is 11.8 Å². The minimum Gasteiger partial charge on any atom is -0.490 e. The molecule has 10 heteroatoms. The summed E-state index contributed by atoms with van der Waals surface area (Å²) in [6.45, 7) is 1.39. The maximum Gasteiger partial charge on any atom is 0.325 e. The molecule has 1 aliphatic heterocycles. The summed E-state index contributed by atoms with van der Waals surface area (Å²) in [6.07, 6.45) is 1.50. The molecule has 1 heterocycles. The van der Waals surface area contributed by atoms with Crippen molar-refractivity contribution in [1.29, 1.82) is 0 Å². The molecule has 0 aromatic heterocycles. The number of nitrogens with two attached hydrogens (primary N) is 1. The van der Waals surface area contributed by atoms with Crippen LogP contribution < -0.4 is 15.2 Å². The van der Waals surface area contributed by atoms with Crippen LogP contribution in [0.5, 0.6) is 11.5 Å². The van der Waals surface area contributed by atoms with E-state index < -0.39 is 29.6 Å². The van der Waals surface area contributed by atoms with Gasteiger partial charge in [-0.25, -0.2) is 0 Å². The van der Waals surface area contributed by atoms with E-state index in [0.29, 0.717) is 23.7 Å². The Morgan fingerprint density at radius 3 is 2.59 bits per heavy atom. The van der Waals surface area contributed by atoms with Gasteiger partial charge in [0.2, 0.25) is 0 Å². The Morgan fingerprint density at radius 2 is 1.96 bits per heavy atom. The molecular formula is C17H18N2O7S. The third-order valence-corrected chi connectivity index (χ3v) is 4.23. The van der Waals surface area contributed by atoms with Crippen molar-refractivity contribution in [3.05, 3.63) is 28.7 Å². The number of hydrogen-bond donors (Lipinski definition) is 1. The average molecular weight is 394 g/mol. The van der Waals surface area contributed by atoms with Crippen LogP contribution in [-0.2, 0) is 19.1 Å². The van der Waals surface area contributed by atoms with Crippen LogP contribution in [0.4, 0.5) is 4.79 Å². The van der Waals surface area contributed by atoms with Gasteiger partial charge in [0.25, 0.3) is 17.1 Å². The summed E-state index contributed by atoms with van der Waals surface area (Å²) in [5.74, 6) is -1.20. The largest absolute Gasteiger partial charge is 0.490 e. The van der Waals surface area contributed by atoms with Crippen LogP contribution in [-0.4, -0.2) is 54.8 Å². The minimum absolute atomic E-state index is 0.164. The van der Waals surface area contributed by atoms with Crippen LogP contribution in [0, 0.1) is 0 Å². The van der Waals surface area contributed by atoms with E-state index in [9.17, 15) is 19.2 Å². The molecule has 1 aromatic rings. The van der Waals surface area contributed by atoms with Crippen molar-refractivity contribution in [3.63, 3.8) is 0 Å². The van der Waals surface area contributed by atoms with Crippen LogP contribution in [0.3, 0.4) is 0 Å². The topological polar surface area (TPSA) is 125 Å². The predicted molar refractivity (Wildman–Crippen MR) is 97.0 cm³/mol. The Bertz CT molecular complexity index is 806. The normalized spacial score (nSPS) is 15.2. The molecule has 0 aliphatic carbocycles. The highest BCUT2D eigenvalue weighted by Gasteiger charge is 2.36. The summed E-state index contributed by atoms with van der Waals surface area (Å²) in [4.78, 5) is 47.4. The van der Waals surface area contributed by atoms with E-state index in [1.54, 1.807) is 25.1 Å². The fraction of sp³-hybridized carbons (Fsp3) is 0.294. The number of carbonyl (C=O) groups excluding carboxylic acids is 4. The summed E-state index contributed by atoms with van der Waals surface area (Å²) in [5.41, 5.74) is 5.64. The lowest BCUT2D eigenvalue weighted by atomic mass is 10.2. The van der Waals surface area contributed by atoms with Gasteiger partial charge in [0.15, 0.2) is 18.1 Å². The standard InChI is InChI=1S/C17H18N2O7S/c1-3-25-12-6-10(4-5-11(12)26-9-14(18)20)7-13-16(22)19(17(23)27-13)8-15(21)24-2/h4-7H,3,8-9H2,1-2H3,(H2,18,20)/b13-7-. The first-order valence-corrected chi connectivity index (χ1v) is 8.67. The van der Waals surface area contributed by atoms with Gasteiger partial charge in [0.1, 0.15) is 6.54 Å². The monoisotopic (exact) mass is 394 g/mol. The molecule has 0 bridgehead atoms. The van der Waals surface area contributed by atoms with Crippen LogP contribution in [0.15, 0.2) is 23.1 Å². The van der Waals surface area contributed by atoms with Crippen molar-refractivity contribution in [2.45, 2.75) is 6.92 Å². The van der Waals surface area contributed by atoms with E-state index in [0.717, 1.165) is 16.7 Å². The zero-order valence-corrected chi connectivity index (χ0v) is 15.5. The molecule has 0 atom stereocenters. The highest BCUT2D eigenvalue weighted by molar-refractivity contribution is 8.18. The lowest BCUT2D eigenvalue weighted by molar-refractivity contribution is -0.143. The Labute approximate surface area is 159 Å². The molecule has 1 aliphatic rings. The van der Waals surface area contributed by atoms with E-state index >= 15 is 0 Å². The quantitative estimate of drug-likeness (QED) is 0.514. The van der Waals surface area contributed by atoms with Gasteiger partial charge in [-0.05, 0) is 42.5 Å². The summed E-state index contributed by atoms with van der Waals surface area (Å²) >= 11 is 0.724. The summed E-state index contributed by atoms with van der Waals surface area (Å²) < 4.78 is 15.2. The first-order valence-electron chi connectivity index (χ1n) is 7.85. The van der Waals surface area contributed by atoms with E-state index in [-0.39, 0.29) is 11.5 Å². The maximum absolute atomic E-state index is 12.3. The van der Waals surface area contributed by atoms with Gasteiger partial charge < -0.3 is 19.9 Å². The molecule has 0 radical (unpaired) electrons. The molecule has 9 nitrogen and oxygen atoms in total. The van der Waals surface area contributed by atoms with Gasteiger partial charge in [-0.2, -0.15) is 0 Å². The first kappa shape index (κ1) is 20.3. The van der Waals surface area contributed by atoms with Gasteiger partial charge in [0, 0.05) is 0 Å². The lowest BCUT2D eigenvalue weighted by Gasteiger charge is -2.12. The van der Waals surface area contributed by atoms with E-state index in [2.05, 4.69) is 4.74 Å². The Balaban J connectivity index is 2.23. The number of amides is 3. The molecule has 27 heavy (non-hydrogen) atoms. The van der Waals surface area contributed by atoms with Crippen molar-refractivity contribution < 1.29 is 33.4 Å². The number of ether oxygens (including phenoxy) is 3. The molecule has 2 rings (SSSR count). The van der Waals surface area contributed by atoms with Crippen LogP contribution in [0.2, 0.25) is 0 Å². The summed E-state index contributed by atoms with van der Waals surface area (Å²) in [5, 5.41) is -0.553. The second-order valence-corrected chi connectivity index (χ2v) is 6.23. The van der Waals surface area contributed by atoms with Gasteiger partial charge in [-0.3, -0.25) is 24.1 Å². The fourth-order valence-electron chi connectivity index (χ4n) is 2.13. The zero-order chi connectivity index (χ0) is 20.0. The smallest absolute Gasteiger partial charge is 0.325 e. The molecule has 0 unspecified atom stereocenters. The lowest BCUT2D eigenvalue weighted by Crippen LogP contribution is -2.34. The number of carbonyl (C=O) groups is 4. The second-order valence-electron chi connectivity index (χ2n) is 5.24. The number of nitrogens with zero attached hydrogens (tertiary/aromatic N) is 1. The molecule has 1 saturated heterocycles. The number of imide groups is 1. The van der Waals surface area contributed by atoms with E-state index in [4.69, 9.17) is 15.2 Å². The Morgan fingerprint density at radius 1 is 1.22 bits per heavy atom. The maximum atomic E-state index is 12.3. The fourth-order valence-corrected chi connectivity index (χ4v) is 2.97. The number of thioether (sulfide) groups is 1. The van der Waals surface area contributed by atoms with E-state index in [1.165, 1.54) is 13.2 Å². The molecule has 144 valence electrons. The number of rotatable bonds is 8. The molecule has 1 aromatic carbocycles. The molecule has 1 fully saturated rings. The van der Waals surface area contributed by atoms with E-state index in [1.807, 2.05) is 0 Å². The van der Waals surface area contributed by atoms with Crippen LogP contribution in [0.25, 0.3) is 6.08 Å². The Kier molecular flexibility index (Phi) is 6.83. The summed E-state index contributed by atoms with van der Waals surface area (Å²) in [7, 11) is 1.17. The van der Waals surface area contributed by atoms with Gasteiger partial charge in [-0.1, -0.05) is 6.07 Å². The van der Waals surface area contributed by atoms with Crippen molar-refractivity contribution in [3.8, 4) is 11.5 Å². The van der Waals surface area contributed by atoms with Crippen molar-refractivity contribution in [1.82, 2.24) is 4.90 Å². The molecule has 3 amide bonds. The number of primary amides is 1. The summed E-state index contributed by atoms with van der Waals surface area (Å²) in [6, 6.07) is 4.81. The third-order valence-electron chi connectivity index (χ3n) is 3.32. The van der Waals surface area contributed by atoms with Crippen molar-refractivity contribution >= 4 is 40.9 Å². The molecular weight excluding hydrogens is 376 g/mol. The van der Waals surface area contributed by atoms with Gasteiger partial charge in [0.05, 0.1) is 18.6 Å². The number of esters is 1. The van der Waals surface area contributed by atoms with Gasteiger partial charge >= 0.3 is 5.97 Å². The number of benzene rings is 1. The third kappa shape index (κ3) is 5.23. The first-order chi connectivity index (χ1) is 12.8. The number of hydrogen-bond acceptors (Lipinski definition) is 8. The second kappa shape index (κ2) is 9.08. The zero-order valence-electron chi connectivity index (χ0n) is 14.7. The molecule has 2 N–H and O–H groups in total. The van der Waals surface area contributed by atoms with Crippen molar-refractivity contribution in [2.24, 2.45) is 5.73 Å². The Hall–Kier alpha value is -3.01. The highest BCUT2D eigenvalue weighted by Crippen LogP contribution is 2.34. The molecule has 0 saturated carbocycles. The predicted octanol–water partition coefficient (Wildman–Crippen LogP) is 1.16. The van der Waals surface area contributed by atoms with Gasteiger partial charge in [-0.15, -0.1) is 0 Å². The van der Waals surface area contributed by atoms with Crippen LogP contribution in [0.1, 0.15) is 12.5 Å². The number of methoxy groups -OCH3 is 1. The highest BCUT2D eigenvalue weighted by atomic mass is 32.2. The van der Waals surface area contributed by atoms with Crippen molar-refractivity contribution in [2.75, 3.05) is 26.9 Å². The average Bonchev–Trinajstić information content (AvgIpc) is 2.88. The molecule has 0 spiro atoms. The SMILES string of the molecule is CCOc1cc(/C=C2\SC(=O)N(CC(=O)OC)C2=O)ccc1OCC(N)=O. The minimum atomic E-state index is -0.687.